The molecule has 1 aromatic heterocycles. The van der Waals surface area contributed by atoms with Crippen LogP contribution in [-0.4, -0.2) is 38.8 Å². The van der Waals surface area contributed by atoms with Gasteiger partial charge in [0, 0.05) is 24.8 Å². The molecule has 0 spiro atoms. The smallest absolute Gasteiger partial charge is 0.153 e. The number of rotatable bonds is 6. The Labute approximate surface area is 95.3 Å². The second-order valence-corrected chi connectivity index (χ2v) is 3.60. The molecule has 0 aliphatic rings. The Morgan fingerprint density at radius 3 is 2.88 bits per heavy atom. The second kappa shape index (κ2) is 6.12. The summed E-state index contributed by atoms with van der Waals surface area (Å²) >= 11 is 0. The Bertz CT molecular complexity index is 347. The zero-order valence-corrected chi connectivity index (χ0v) is 9.80. The highest BCUT2D eigenvalue weighted by Crippen LogP contribution is 2.03. The molecule has 0 aliphatic heterocycles. The third-order valence-corrected chi connectivity index (χ3v) is 2.38. The molecule has 90 valence electrons. The zero-order chi connectivity index (χ0) is 12.0. The first-order valence-electron chi connectivity index (χ1n) is 5.39. The fourth-order valence-corrected chi connectivity index (χ4v) is 1.46. The van der Waals surface area contributed by atoms with Crippen molar-refractivity contribution >= 4 is 5.84 Å². The van der Waals surface area contributed by atoms with Gasteiger partial charge in [0.2, 0.25) is 0 Å². The molecule has 0 radical (unpaired) electrons. The molecule has 0 saturated carbocycles. The summed E-state index contributed by atoms with van der Waals surface area (Å²) in [7, 11) is 0. The van der Waals surface area contributed by atoms with E-state index in [-0.39, 0.29) is 5.84 Å². The highest BCUT2D eigenvalue weighted by Gasteiger charge is 2.07. The van der Waals surface area contributed by atoms with E-state index in [4.69, 9.17) is 10.9 Å². The average molecular weight is 225 g/mol. The Morgan fingerprint density at radius 2 is 2.38 bits per heavy atom. The van der Waals surface area contributed by atoms with Crippen LogP contribution in [-0.2, 0) is 13.1 Å². The molecule has 0 aromatic carbocycles. The van der Waals surface area contributed by atoms with Crippen LogP contribution in [0, 0.1) is 0 Å². The monoisotopic (exact) mass is 225 g/mol. The summed E-state index contributed by atoms with van der Waals surface area (Å²) in [6.07, 6.45) is 3.85. The van der Waals surface area contributed by atoms with Crippen LogP contribution in [0.5, 0.6) is 0 Å². The van der Waals surface area contributed by atoms with Crippen molar-refractivity contribution in [2.75, 3.05) is 13.1 Å². The van der Waals surface area contributed by atoms with Crippen molar-refractivity contribution in [2.24, 2.45) is 10.9 Å². The van der Waals surface area contributed by atoms with E-state index in [9.17, 15) is 0 Å². The summed E-state index contributed by atoms with van der Waals surface area (Å²) in [5, 5.41) is 15.7. The van der Waals surface area contributed by atoms with Crippen LogP contribution < -0.4 is 5.73 Å². The van der Waals surface area contributed by atoms with Crippen LogP contribution in [0.4, 0.5) is 0 Å². The Balaban J connectivity index is 2.55. The van der Waals surface area contributed by atoms with Crippen molar-refractivity contribution in [3.05, 3.63) is 18.0 Å². The van der Waals surface area contributed by atoms with E-state index in [2.05, 4.69) is 15.2 Å². The predicted octanol–water partition coefficient (Wildman–Crippen LogP) is 0.471. The van der Waals surface area contributed by atoms with Gasteiger partial charge >= 0.3 is 0 Å². The number of hydrogen-bond donors (Lipinski definition) is 2. The first-order chi connectivity index (χ1) is 7.69. The van der Waals surface area contributed by atoms with E-state index >= 15 is 0 Å². The van der Waals surface area contributed by atoms with Crippen LogP contribution in [0.25, 0.3) is 0 Å². The molecule has 0 unspecified atom stereocenters. The van der Waals surface area contributed by atoms with Crippen molar-refractivity contribution in [3.8, 4) is 0 Å². The van der Waals surface area contributed by atoms with Gasteiger partial charge in [0.25, 0.3) is 0 Å². The molecular formula is C10H19N5O. The van der Waals surface area contributed by atoms with Gasteiger partial charge in [-0.25, -0.2) is 0 Å². The van der Waals surface area contributed by atoms with E-state index in [1.807, 2.05) is 30.9 Å². The van der Waals surface area contributed by atoms with E-state index < -0.39 is 0 Å². The molecule has 3 N–H and O–H groups in total. The molecule has 0 aliphatic carbocycles. The molecule has 1 aromatic rings. The molecule has 1 heterocycles. The molecule has 0 atom stereocenters. The summed E-state index contributed by atoms with van der Waals surface area (Å²) in [6, 6.07) is 0. The normalized spacial score (nSPS) is 12.3. The second-order valence-electron chi connectivity index (χ2n) is 3.60. The van der Waals surface area contributed by atoms with Gasteiger partial charge < -0.3 is 10.9 Å². The molecule has 0 bridgehead atoms. The Kier molecular flexibility index (Phi) is 4.78. The van der Waals surface area contributed by atoms with Crippen molar-refractivity contribution < 1.29 is 5.21 Å². The fourth-order valence-electron chi connectivity index (χ4n) is 1.46. The Hall–Kier alpha value is -1.56. The number of oxime groups is 1. The van der Waals surface area contributed by atoms with Crippen molar-refractivity contribution in [1.82, 2.24) is 14.7 Å². The first-order valence-corrected chi connectivity index (χ1v) is 5.39. The van der Waals surface area contributed by atoms with E-state index in [1.165, 1.54) is 0 Å². The minimum absolute atomic E-state index is 0.227. The lowest BCUT2D eigenvalue weighted by Crippen LogP contribution is -2.33. The lowest BCUT2D eigenvalue weighted by Gasteiger charge is -2.18. The summed E-state index contributed by atoms with van der Waals surface area (Å²) in [4.78, 5) is 2.08. The molecule has 0 fully saturated rings. The molecule has 1 rings (SSSR count). The molecule has 6 heteroatoms. The number of hydrogen-bond acceptors (Lipinski definition) is 4. The minimum atomic E-state index is 0.227. The van der Waals surface area contributed by atoms with Gasteiger partial charge in [-0.05, 0) is 13.5 Å². The maximum Gasteiger partial charge on any atom is 0.153 e. The molecular weight excluding hydrogens is 206 g/mol. The molecule has 6 nitrogen and oxygen atoms in total. The molecule has 16 heavy (non-hydrogen) atoms. The standard InChI is InChI=1S/C10H19N5O/c1-3-14(8-10(11)13-16)6-9-5-12-15(4-2)7-9/h5,7,16H,3-4,6,8H2,1-2H3,(H2,11,13). The highest BCUT2D eigenvalue weighted by atomic mass is 16.4. The summed E-state index contributed by atoms with van der Waals surface area (Å²) in [5.41, 5.74) is 6.61. The SMILES string of the molecule is CCN(CC(N)=NO)Cc1cnn(CC)c1. The number of aromatic nitrogens is 2. The van der Waals surface area contributed by atoms with E-state index in [1.54, 1.807) is 0 Å². The van der Waals surface area contributed by atoms with Crippen LogP contribution in [0.1, 0.15) is 19.4 Å². The molecule has 0 saturated heterocycles. The van der Waals surface area contributed by atoms with E-state index in [0.29, 0.717) is 6.54 Å². The van der Waals surface area contributed by atoms with Gasteiger partial charge in [0.05, 0.1) is 12.7 Å². The summed E-state index contributed by atoms with van der Waals surface area (Å²) in [6.45, 7) is 7.01. The van der Waals surface area contributed by atoms with Crippen molar-refractivity contribution in [2.45, 2.75) is 26.9 Å². The third-order valence-electron chi connectivity index (χ3n) is 2.38. The van der Waals surface area contributed by atoms with E-state index in [0.717, 1.165) is 25.2 Å². The van der Waals surface area contributed by atoms with Crippen LogP contribution in [0.3, 0.4) is 0 Å². The maximum atomic E-state index is 8.51. The number of aryl methyl sites for hydroxylation is 1. The van der Waals surface area contributed by atoms with Crippen LogP contribution in [0.15, 0.2) is 17.5 Å². The maximum absolute atomic E-state index is 8.51. The number of likely N-dealkylation sites (N-methyl/N-ethyl adjacent to an activating group) is 1. The van der Waals surface area contributed by atoms with Crippen LogP contribution >= 0.6 is 0 Å². The average Bonchev–Trinajstić information content (AvgIpc) is 2.75. The summed E-state index contributed by atoms with van der Waals surface area (Å²) < 4.78 is 1.88. The fraction of sp³-hybridized carbons (Fsp3) is 0.600. The minimum Gasteiger partial charge on any atom is -0.409 e. The lowest BCUT2D eigenvalue weighted by atomic mass is 10.3. The highest BCUT2D eigenvalue weighted by molar-refractivity contribution is 5.81. The molecule has 0 amide bonds. The van der Waals surface area contributed by atoms with Crippen molar-refractivity contribution in [3.63, 3.8) is 0 Å². The van der Waals surface area contributed by atoms with Crippen LogP contribution in [0.2, 0.25) is 0 Å². The topological polar surface area (TPSA) is 79.7 Å². The number of nitrogens with two attached hydrogens (primary N) is 1. The first kappa shape index (κ1) is 12.5. The predicted molar refractivity (Wildman–Crippen MR) is 62.3 cm³/mol. The number of amidine groups is 1. The zero-order valence-electron chi connectivity index (χ0n) is 9.80. The van der Waals surface area contributed by atoms with Gasteiger partial charge in [-0.15, -0.1) is 0 Å². The Morgan fingerprint density at radius 1 is 1.62 bits per heavy atom. The van der Waals surface area contributed by atoms with Gasteiger partial charge in [-0.2, -0.15) is 5.10 Å². The van der Waals surface area contributed by atoms with Gasteiger partial charge in [0.1, 0.15) is 0 Å². The lowest BCUT2D eigenvalue weighted by molar-refractivity contribution is 0.294. The van der Waals surface area contributed by atoms with Crippen molar-refractivity contribution in [1.29, 1.82) is 0 Å². The number of nitrogens with zero attached hydrogens (tertiary/aromatic N) is 4. The largest absolute Gasteiger partial charge is 0.409 e. The quantitative estimate of drug-likeness (QED) is 0.319. The van der Waals surface area contributed by atoms with Gasteiger partial charge in [0.15, 0.2) is 5.84 Å². The third kappa shape index (κ3) is 3.54. The van der Waals surface area contributed by atoms with Gasteiger partial charge in [-0.1, -0.05) is 12.1 Å². The van der Waals surface area contributed by atoms with Gasteiger partial charge in [-0.3, -0.25) is 9.58 Å². The summed E-state index contributed by atoms with van der Waals surface area (Å²) in [5.74, 6) is 0.227.